The molecule has 3 aromatic rings. The highest BCUT2D eigenvalue weighted by atomic mass is 35.5. The topological polar surface area (TPSA) is 38.3 Å². The van der Waals surface area contributed by atoms with Gasteiger partial charge in [0.15, 0.2) is 0 Å². The molecular formula is C24H24ClNO2S. The van der Waals surface area contributed by atoms with E-state index in [1.165, 1.54) is 11.1 Å². The smallest absolute Gasteiger partial charge is 0.255 e. The van der Waals surface area contributed by atoms with Gasteiger partial charge in [-0.1, -0.05) is 71.8 Å². The second-order valence-electron chi connectivity index (χ2n) is 6.71. The van der Waals surface area contributed by atoms with Crippen LogP contribution in [0.4, 0.5) is 0 Å². The second-order valence-corrected chi connectivity index (χ2v) is 8.25. The minimum absolute atomic E-state index is 0.174. The predicted molar refractivity (Wildman–Crippen MR) is 122 cm³/mol. The highest BCUT2D eigenvalue weighted by molar-refractivity contribution is 7.98. The van der Waals surface area contributed by atoms with Crippen molar-refractivity contribution in [2.24, 2.45) is 0 Å². The highest BCUT2D eigenvalue weighted by Gasteiger charge is 2.13. The number of aryl methyl sites for hydroxylation is 1. The molecule has 0 unspecified atom stereocenters. The van der Waals surface area contributed by atoms with Crippen LogP contribution in [-0.4, -0.2) is 18.2 Å². The number of benzene rings is 3. The molecule has 0 aromatic heterocycles. The third-order valence-electron chi connectivity index (χ3n) is 4.31. The molecule has 150 valence electrons. The Hall–Kier alpha value is -2.43. The van der Waals surface area contributed by atoms with Gasteiger partial charge < -0.3 is 10.1 Å². The summed E-state index contributed by atoms with van der Waals surface area (Å²) in [7, 11) is 0. The van der Waals surface area contributed by atoms with Crippen LogP contribution in [0.5, 0.6) is 5.75 Å². The van der Waals surface area contributed by atoms with Crippen LogP contribution in [0.1, 0.15) is 27.0 Å². The first kappa shape index (κ1) is 21.3. The first-order chi connectivity index (χ1) is 14.1. The van der Waals surface area contributed by atoms with E-state index in [1.807, 2.05) is 30.3 Å². The quantitative estimate of drug-likeness (QED) is 0.434. The van der Waals surface area contributed by atoms with Crippen LogP contribution < -0.4 is 10.1 Å². The summed E-state index contributed by atoms with van der Waals surface area (Å²) in [5.74, 6) is 2.12. The second kappa shape index (κ2) is 10.9. The van der Waals surface area contributed by atoms with E-state index in [9.17, 15) is 4.79 Å². The molecule has 0 atom stereocenters. The zero-order chi connectivity index (χ0) is 20.5. The summed E-state index contributed by atoms with van der Waals surface area (Å²) in [6.45, 7) is 3.08. The lowest BCUT2D eigenvalue weighted by atomic mass is 10.2. The Morgan fingerprint density at radius 3 is 2.59 bits per heavy atom. The van der Waals surface area contributed by atoms with E-state index < -0.39 is 0 Å². The molecule has 1 amide bonds. The monoisotopic (exact) mass is 425 g/mol. The molecule has 29 heavy (non-hydrogen) atoms. The van der Waals surface area contributed by atoms with Crippen LogP contribution in [0.25, 0.3) is 0 Å². The zero-order valence-corrected chi connectivity index (χ0v) is 17.9. The first-order valence-corrected chi connectivity index (χ1v) is 11.0. The zero-order valence-electron chi connectivity index (χ0n) is 16.4. The number of nitrogens with one attached hydrogen (secondary N) is 1. The lowest BCUT2D eigenvalue weighted by Crippen LogP contribution is -2.26. The number of rotatable bonds is 9. The van der Waals surface area contributed by atoms with Crippen LogP contribution in [-0.2, 0) is 12.4 Å². The van der Waals surface area contributed by atoms with Gasteiger partial charge in [0, 0.05) is 23.1 Å². The Bertz CT molecular complexity index is 947. The van der Waals surface area contributed by atoms with Crippen molar-refractivity contribution in [3.05, 3.63) is 100 Å². The number of carbonyl (C=O) groups excluding carboxylic acids is 1. The van der Waals surface area contributed by atoms with Gasteiger partial charge in [-0.3, -0.25) is 4.79 Å². The summed E-state index contributed by atoms with van der Waals surface area (Å²) in [6.07, 6.45) is 0. The minimum atomic E-state index is -0.174. The first-order valence-electron chi connectivity index (χ1n) is 9.49. The lowest BCUT2D eigenvalue weighted by Gasteiger charge is -2.12. The molecule has 0 aliphatic carbocycles. The average Bonchev–Trinajstić information content (AvgIpc) is 2.73. The fourth-order valence-electron chi connectivity index (χ4n) is 2.86. The number of amides is 1. The Morgan fingerprint density at radius 1 is 1.00 bits per heavy atom. The van der Waals surface area contributed by atoms with E-state index in [0.717, 1.165) is 17.1 Å². The minimum Gasteiger partial charge on any atom is -0.488 e. The maximum absolute atomic E-state index is 12.6. The van der Waals surface area contributed by atoms with E-state index in [-0.39, 0.29) is 5.91 Å². The van der Waals surface area contributed by atoms with Gasteiger partial charge in [0.05, 0.1) is 5.56 Å². The molecule has 0 aliphatic rings. The summed E-state index contributed by atoms with van der Waals surface area (Å²) >= 11 is 7.90. The molecule has 0 bridgehead atoms. The van der Waals surface area contributed by atoms with Crippen molar-refractivity contribution in [3.8, 4) is 5.75 Å². The summed E-state index contributed by atoms with van der Waals surface area (Å²) < 4.78 is 5.87. The van der Waals surface area contributed by atoms with E-state index in [2.05, 4.69) is 36.5 Å². The largest absolute Gasteiger partial charge is 0.488 e. The summed E-state index contributed by atoms with van der Waals surface area (Å²) in [4.78, 5) is 12.6. The van der Waals surface area contributed by atoms with Gasteiger partial charge in [-0.2, -0.15) is 11.8 Å². The van der Waals surface area contributed by atoms with Crippen LogP contribution in [0.2, 0.25) is 5.02 Å². The SMILES string of the molecule is Cc1cccc(CSCCNC(=O)c2cc(Cl)ccc2OCc2ccccc2)c1. The molecule has 0 fully saturated rings. The van der Waals surface area contributed by atoms with E-state index in [4.69, 9.17) is 16.3 Å². The molecular weight excluding hydrogens is 402 g/mol. The van der Waals surface area contributed by atoms with Crippen molar-refractivity contribution < 1.29 is 9.53 Å². The number of thioether (sulfide) groups is 1. The number of hydrogen-bond acceptors (Lipinski definition) is 3. The Kier molecular flexibility index (Phi) is 8.03. The summed E-state index contributed by atoms with van der Waals surface area (Å²) in [6, 6.07) is 23.5. The van der Waals surface area contributed by atoms with Crippen LogP contribution in [0, 0.1) is 6.92 Å². The number of ether oxygens (including phenoxy) is 1. The number of hydrogen-bond donors (Lipinski definition) is 1. The standard InChI is InChI=1S/C24H24ClNO2S/c1-18-6-5-9-20(14-18)17-29-13-12-26-24(27)22-15-21(25)10-11-23(22)28-16-19-7-3-2-4-8-19/h2-11,14-15H,12-13,16-17H2,1H3,(H,26,27). The van der Waals surface area contributed by atoms with Crippen molar-refractivity contribution in [2.75, 3.05) is 12.3 Å². The van der Waals surface area contributed by atoms with Crippen molar-refractivity contribution in [1.82, 2.24) is 5.32 Å². The average molecular weight is 426 g/mol. The lowest BCUT2D eigenvalue weighted by molar-refractivity contribution is 0.0951. The van der Waals surface area contributed by atoms with Gasteiger partial charge >= 0.3 is 0 Å². The molecule has 5 heteroatoms. The maximum Gasteiger partial charge on any atom is 0.255 e. The fraction of sp³-hybridized carbons (Fsp3) is 0.208. The van der Waals surface area contributed by atoms with Gasteiger partial charge in [0.25, 0.3) is 5.91 Å². The van der Waals surface area contributed by atoms with Crippen LogP contribution in [0.15, 0.2) is 72.8 Å². The van der Waals surface area contributed by atoms with Gasteiger partial charge in [-0.05, 0) is 36.2 Å². The third-order valence-corrected chi connectivity index (χ3v) is 5.57. The molecule has 0 aliphatic heterocycles. The molecule has 0 radical (unpaired) electrons. The Balaban J connectivity index is 1.51. The maximum atomic E-state index is 12.6. The third kappa shape index (κ3) is 6.84. The van der Waals surface area contributed by atoms with Crippen molar-refractivity contribution >= 4 is 29.3 Å². The van der Waals surface area contributed by atoms with Gasteiger partial charge in [0.2, 0.25) is 0 Å². The van der Waals surface area contributed by atoms with Crippen LogP contribution >= 0.6 is 23.4 Å². The molecule has 3 rings (SSSR count). The molecule has 0 spiro atoms. The summed E-state index contributed by atoms with van der Waals surface area (Å²) in [5, 5.41) is 3.47. The Labute approximate surface area is 181 Å². The molecule has 3 nitrogen and oxygen atoms in total. The normalized spacial score (nSPS) is 10.6. The van der Waals surface area contributed by atoms with Gasteiger partial charge in [-0.25, -0.2) is 0 Å². The molecule has 0 saturated heterocycles. The van der Waals surface area contributed by atoms with E-state index in [0.29, 0.717) is 29.5 Å². The molecule has 0 heterocycles. The molecule has 3 aromatic carbocycles. The van der Waals surface area contributed by atoms with Gasteiger partial charge in [0.1, 0.15) is 12.4 Å². The predicted octanol–water partition coefficient (Wildman–Crippen LogP) is 5.89. The highest BCUT2D eigenvalue weighted by Crippen LogP contribution is 2.24. The van der Waals surface area contributed by atoms with Crippen molar-refractivity contribution in [3.63, 3.8) is 0 Å². The van der Waals surface area contributed by atoms with E-state index in [1.54, 1.807) is 30.0 Å². The number of halogens is 1. The van der Waals surface area contributed by atoms with Crippen molar-refractivity contribution in [1.29, 1.82) is 0 Å². The van der Waals surface area contributed by atoms with Crippen molar-refractivity contribution in [2.45, 2.75) is 19.3 Å². The van der Waals surface area contributed by atoms with Gasteiger partial charge in [-0.15, -0.1) is 0 Å². The summed E-state index contributed by atoms with van der Waals surface area (Å²) in [5.41, 5.74) is 4.06. The fourth-order valence-corrected chi connectivity index (χ4v) is 3.84. The van der Waals surface area contributed by atoms with E-state index >= 15 is 0 Å². The molecule has 0 saturated carbocycles. The van der Waals surface area contributed by atoms with Crippen LogP contribution in [0.3, 0.4) is 0 Å². The molecule has 1 N–H and O–H groups in total. The number of carbonyl (C=O) groups is 1. The Morgan fingerprint density at radius 2 is 1.79 bits per heavy atom.